The molecule has 6 nitrogen and oxygen atoms in total. The molecule has 6 heteroatoms. The summed E-state index contributed by atoms with van der Waals surface area (Å²) in [6.07, 6.45) is 1.97. The van der Waals surface area contributed by atoms with E-state index in [0.29, 0.717) is 6.61 Å². The van der Waals surface area contributed by atoms with Crippen molar-refractivity contribution in [1.29, 1.82) is 0 Å². The van der Waals surface area contributed by atoms with Crippen molar-refractivity contribution in [2.45, 2.75) is 12.6 Å². The minimum atomic E-state index is -0.460. The van der Waals surface area contributed by atoms with Crippen LogP contribution in [0.25, 0.3) is 0 Å². The normalized spacial score (nSPS) is 36.1. The van der Waals surface area contributed by atoms with E-state index in [4.69, 9.17) is 4.74 Å². The molecule has 1 aliphatic carbocycles. The zero-order chi connectivity index (χ0) is 11.3. The van der Waals surface area contributed by atoms with Crippen LogP contribution < -0.4 is 11.2 Å². The van der Waals surface area contributed by atoms with Gasteiger partial charge in [-0.05, 0) is 6.42 Å². The summed E-state index contributed by atoms with van der Waals surface area (Å²) in [7, 11) is 0. The molecule has 1 saturated heterocycles. The SMILES string of the molecule is O=c1ccn([C@H]2OC[C@]3(CO)C[C@H]23)c(=O)[nH]1. The predicted octanol–water partition coefficient (Wildman–Crippen LogP) is -0.936. The van der Waals surface area contributed by atoms with Gasteiger partial charge in [-0.1, -0.05) is 0 Å². The molecule has 16 heavy (non-hydrogen) atoms. The number of aromatic nitrogens is 2. The van der Waals surface area contributed by atoms with Crippen LogP contribution in [0.1, 0.15) is 12.6 Å². The molecule has 2 aliphatic rings. The van der Waals surface area contributed by atoms with Crippen LogP contribution in [0.3, 0.4) is 0 Å². The lowest BCUT2D eigenvalue weighted by molar-refractivity contribution is 0.0138. The topological polar surface area (TPSA) is 84.3 Å². The summed E-state index contributed by atoms with van der Waals surface area (Å²) in [5, 5.41) is 9.22. The number of aliphatic hydroxyl groups excluding tert-OH is 1. The molecule has 0 bridgehead atoms. The van der Waals surface area contributed by atoms with Gasteiger partial charge >= 0.3 is 5.69 Å². The van der Waals surface area contributed by atoms with Crippen LogP contribution >= 0.6 is 0 Å². The average Bonchev–Trinajstić information content (AvgIpc) is 2.88. The number of nitrogens with one attached hydrogen (secondary N) is 1. The van der Waals surface area contributed by atoms with E-state index in [1.165, 1.54) is 16.8 Å². The van der Waals surface area contributed by atoms with Gasteiger partial charge in [0.1, 0.15) is 6.23 Å². The van der Waals surface area contributed by atoms with Crippen molar-refractivity contribution in [2.75, 3.05) is 13.2 Å². The summed E-state index contributed by atoms with van der Waals surface area (Å²) in [5.41, 5.74) is -1.03. The number of rotatable bonds is 2. The Morgan fingerprint density at radius 2 is 2.44 bits per heavy atom. The Balaban J connectivity index is 1.95. The van der Waals surface area contributed by atoms with Gasteiger partial charge in [0, 0.05) is 23.6 Å². The summed E-state index contributed by atoms with van der Waals surface area (Å²) < 4.78 is 6.88. The maximum Gasteiger partial charge on any atom is 0.330 e. The summed E-state index contributed by atoms with van der Waals surface area (Å²) >= 11 is 0. The number of hydrogen-bond donors (Lipinski definition) is 2. The molecular formula is C10H12N2O4. The molecule has 1 aromatic heterocycles. The zero-order valence-corrected chi connectivity index (χ0v) is 8.55. The van der Waals surface area contributed by atoms with Gasteiger partial charge in [-0.3, -0.25) is 14.3 Å². The second kappa shape index (κ2) is 3.05. The smallest absolute Gasteiger partial charge is 0.330 e. The molecule has 2 fully saturated rings. The number of ether oxygens (including phenoxy) is 1. The molecule has 3 atom stereocenters. The first-order valence-electron chi connectivity index (χ1n) is 5.20. The van der Waals surface area contributed by atoms with Crippen LogP contribution in [0.5, 0.6) is 0 Å². The first-order chi connectivity index (χ1) is 7.66. The Kier molecular flexibility index (Phi) is 1.87. The molecule has 0 aromatic carbocycles. The Hall–Kier alpha value is -1.40. The van der Waals surface area contributed by atoms with Crippen molar-refractivity contribution in [2.24, 2.45) is 11.3 Å². The van der Waals surface area contributed by atoms with E-state index < -0.39 is 11.2 Å². The first kappa shape index (κ1) is 9.80. The molecule has 2 N–H and O–H groups in total. The molecule has 0 spiro atoms. The number of H-pyrrole nitrogens is 1. The van der Waals surface area contributed by atoms with Gasteiger partial charge in [0.25, 0.3) is 5.56 Å². The highest BCUT2D eigenvalue weighted by atomic mass is 16.5. The van der Waals surface area contributed by atoms with Crippen LogP contribution in [0.4, 0.5) is 0 Å². The van der Waals surface area contributed by atoms with Crippen molar-refractivity contribution < 1.29 is 9.84 Å². The fraction of sp³-hybridized carbons (Fsp3) is 0.600. The zero-order valence-electron chi connectivity index (χ0n) is 8.55. The van der Waals surface area contributed by atoms with Gasteiger partial charge < -0.3 is 9.84 Å². The Morgan fingerprint density at radius 1 is 1.62 bits per heavy atom. The summed E-state index contributed by atoms with van der Waals surface area (Å²) in [6, 6.07) is 1.30. The maximum atomic E-state index is 11.5. The van der Waals surface area contributed by atoms with Crippen molar-refractivity contribution in [1.82, 2.24) is 9.55 Å². The quantitative estimate of drug-likeness (QED) is 0.679. The van der Waals surface area contributed by atoms with E-state index in [2.05, 4.69) is 4.98 Å². The largest absolute Gasteiger partial charge is 0.396 e. The van der Waals surface area contributed by atoms with Crippen molar-refractivity contribution in [3.05, 3.63) is 33.1 Å². The Labute approximate surface area is 90.5 Å². The third-order valence-corrected chi connectivity index (χ3v) is 3.58. The molecule has 2 heterocycles. The highest BCUT2D eigenvalue weighted by Crippen LogP contribution is 2.62. The standard InChI is InChI=1S/C10H12N2O4/c13-4-10-3-6(10)8(16-5-10)12-2-1-7(14)11-9(12)15/h1-2,6,8,13H,3-5H2,(H,11,14,15)/t6-,8+,10-/m1/s1. The highest BCUT2D eigenvalue weighted by Gasteiger charge is 2.63. The fourth-order valence-corrected chi connectivity index (χ4v) is 2.45. The van der Waals surface area contributed by atoms with Gasteiger partial charge in [0.15, 0.2) is 0 Å². The van der Waals surface area contributed by atoms with E-state index in [-0.39, 0.29) is 24.2 Å². The summed E-state index contributed by atoms with van der Waals surface area (Å²) in [6.45, 7) is 0.566. The predicted molar refractivity (Wildman–Crippen MR) is 53.9 cm³/mol. The average molecular weight is 224 g/mol. The second-order valence-electron chi connectivity index (χ2n) is 4.55. The lowest BCUT2D eigenvalue weighted by Crippen LogP contribution is -2.32. The maximum absolute atomic E-state index is 11.5. The lowest BCUT2D eigenvalue weighted by atomic mass is 10.1. The molecule has 1 aliphatic heterocycles. The molecule has 0 radical (unpaired) electrons. The lowest BCUT2D eigenvalue weighted by Gasteiger charge is -2.14. The third-order valence-electron chi connectivity index (χ3n) is 3.58. The molecule has 1 aromatic rings. The number of aliphatic hydroxyl groups is 1. The summed E-state index contributed by atoms with van der Waals surface area (Å²) in [4.78, 5) is 24.7. The Morgan fingerprint density at radius 3 is 3.00 bits per heavy atom. The van der Waals surface area contributed by atoms with Crippen molar-refractivity contribution in [3.63, 3.8) is 0 Å². The fourth-order valence-electron chi connectivity index (χ4n) is 2.45. The minimum Gasteiger partial charge on any atom is -0.396 e. The van der Waals surface area contributed by atoms with E-state index in [9.17, 15) is 14.7 Å². The Bertz CT molecular complexity index is 534. The van der Waals surface area contributed by atoms with E-state index in [1.54, 1.807) is 0 Å². The van der Waals surface area contributed by atoms with Gasteiger partial charge in [-0.2, -0.15) is 0 Å². The van der Waals surface area contributed by atoms with Crippen LogP contribution in [0.15, 0.2) is 21.9 Å². The van der Waals surface area contributed by atoms with Gasteiger partial charge in [0.2, 0.25) is 0 Å². The van der Waals surface area contributed by atoms with Gasteiger partial charge in [0.05, 0.1) is 13.2 Å². The van der Waals surface area contributed by atoms with Crippen molar-refractivity contribution >= 4 is 0 Å². The molecule has 86 valence electrons. The van der Waals surface area contributed by atoms with Crippen LogP contribution in [-0.2, 0) is 4.74 Å². The molecule has 3 rings (SSSR count). The number of aromatic amines is 1. The number of hydrogen-bond acceptors (Lipinski definition) is 4. The number of fused-ring (bicyclic) bond motifs is 1. The minimum absolute atomic E-state index is 0.0896. The number of nitrogens with zero attached hydrogens (tertiary/aromatic N) is 1. The van der Waals surface area contributed by atoms with Gasteiger partial charge in [-0.25, -0.2) is 4.79 Å². The molecule has 1 saturated carbocycles. The first-order valence-corrected chi connectivity index (χ1v) is 5.20. The van der Waals surface area contributed by atoms with E-state index in [0.717, 1.165) is 6.42 Å². The molecular weight excluding hydrogens is 212 g/mol. The highest BCUT2D eigenvalue weighted by molar-refractivity contribution is 5.09. The van der Waals surface area contributed by atoms with E-state index in [1.807, 2.05) is 0 Å². The molecule has 0 unspecified atom stereocenters. The summed E-state index contributed by atoms with van der Waals surface area (Å²) in [5.74, 6) is 0.182. The third kappa shape index (κ3) is 1.20. The van der Waals surface area contributed by atoms with Crippen LogP contribution in [0, 0.1) is 11.3 Å². The van der Waals surface area contributed by atoms with Crippen molar-refractivity contribution in [3.8, 4) is 0 Å². The van der Waals surface area contributed by atoms with E-state index >= 15 is 0 Å². The monoisotopic (exact) mass is 224 g/mol. The molecule has 0 amide bonds. The second-order valence-corrected chi connectivity index (χ2v) is 4.55. The van der Waals surface area contributed by atoms with Gasteiger partial charge in [-0.15, -0.1) is 0 Å². The van der Waals surface area contributed by atoms with Crippen LogP contribution in [0.2, 0.25) is 0 Å². The van der Waals surface area contributed by atoms with Crippen LogP contribution in [-0.4, -0.2) is 27.9 Å².